The smallest absolute Gasteiger partial charge is 0.410 e. The topological polar surface area (TPSA) is 83.2 Å². The van der Waals surface area contributed by atoms with E-state index in [2.05, 4.69) is 0 Å². The number of hydrogen-bond donors (Lipinski definition) is 1. The maximum atomic E-state index is 12.3. The fourth-order valence-electron chi connectivity index (χ4n) is 3.30. The summed E-state index contributed by atoms with van der Waals surface area (Å²) in [6.07, 6.45) is 0.309. The Hall–Kier alpha value is -2.54. The number of carboxylic acid groups (broad SMARTS) is 1. The van der Waals surface area contributed by atoms with Crippen LogP contribution in [0, 0.1) is 0 Å². The molecule has 7 nitrogen and oxygen atoms in total. The largest absolute Gasteiger partial charge is 0.480 e. The number of carbonyl (C=O) groups is 2. The molecule has 1 aromatic carbocycles. The van der Waals surface area contributed by atoms with E-state index >= 15 is 0 Å². The molecule has 1 aliphatic heterocycles. The second kappa shape index (κ2) is 7.60. The Morgan fingerprint density at radius 2 is 1.89 bits per heavy atom. The average molecular weight is 374 g/mol. The van der Waals surface area contributed by atoms with Crippen LogP contribution in [0.3, 0.4) is 0 Å². The highest BCUT2D eigenvalue weighted by Gasteiger charge is 2.33. The summed E-state index contributed by atoms with van der Waals surface area (Å²) in [4.78, 5) is 27.8. The molecule has 1 amide bonds. The number of nitrogens with zero attached hydrogens (tertiary/aromatic N) is 2. The van der Waals surface area contributed by atoms with E-state index in [0.717, 1.165) is 5.39 Å². The van der Waals surface area contributed by atoms with Crippen LogP contribution < -0.4 is 0 Å². The van der Waals surface area contributed by atoms with Gasteiger partial charge >= 0.3 is 12.1 Å². The van der Waals surface area contributed by atoms with E-state index in [-0.39, 0.29) is 6.09 Å². The molecule has 1 N–H and O–H groups in total. The molecular formula is C20H26N2O5. The van der Waals surface area contributed by atoms with Gasteiger partial charge in [0.2, 0.25) is 0 Å². The van der Waals surface area contributed by atoms with Gasteiger partial charge in [0.1, 0.15) is 16.9 Å². The van der Waals surface area contributed by atoms with Crippen LogP contribution in [-0.4, -0.2) is 58.7 Å². The van der Waals surface area contributed by atoms with E-state index in [9.17, 15) is 14.7 Å². The molecule has 2 heterocycles. The predicted octanol–water partition coefficient (Wildman–Crippen LogP) is 3.50. The number of fused-ring (bicyclic) bond motifs is 1. The zero-order chi connectivity index (χ0) is 19.6. The van der Waals surface area contributed by atoms with Crippen molar-refractivity contribution in [3.05, 3.63) is 36.1 Å². The van der Waals surface area contributed by atoms with Crippen LogP contribution in [0.25, 0.3) is 11.0 Å². The van der Waals surface area contributed by atoms with Gasteiger partial charge in [-0.25, -0.2) is 4.79 Å². The van der Waals surface area contributed by atoms with Crippen molar-refractivity contribution < 1.29 is 23.8 Å². The van der Waals surface area contributed by atoms with Gasteiger partial charge in [0.25, 0.3) is 0 Å². The van der Waals surface area contributed by atoms with Gasteiger partial charge in [0, 0.05) is 31.6 Å². The van der Waals surface area contributed by atoms with E-state index in [1.807, 2.05) is 49.9 Å². The number of aliphatic carboxylic acids is 1. The minimum Gasteiger partial charge on any atom is -0.480 e. The van der Waals surface area contributed by atoms with Crippen molar-refractivity contribution in [2.45, 2.75) is 38.8 Å². The first-order valence-corrected chi connectivity index (χ1v) is 9.18. The van der Waals surface area contributed by atoms with Crippen molar-refractivity contribution in [3.63, 3.8) is 0 Å². The molecule has 146 valence electrons. The first-order chi connectivity index (χ1) is 12.7. The minimum absolute atomic E-state index is 0.361. The fraction of sp³-hybridized carbons (Fsp3) is 0.500. The van der Waals surface area contributed by atoms with E-state index in [0.29, 0.717) is 43.9 Å². The Bertz CT molecular complexity index is 790. The van der Waals surface area contributed by atoms with Crippen LogP contribution in [0.4, 0.5) is 4.79 Å². The van der Waals surface area contributed by atoms with E-state index in [1.54, 1.807) is 11.0 Å². The number of carboxylic acids is 1. The Kier molecular flexibility index (Phi) is 5.41. The van der Waals surface area contributed by atoms with Crippen LogP contribution in [0.5, 0.6) is 0 Å². The highest BCUT2D eigenvalue weighted by molar-refractivity contribution is 5.81. The lowest BCUT2D eigenvalue weighted by molar-refractivity contribution is -0.144. The third kappa shape index (κ3) is 4.60. The molecule has 27 heavy (non-hydrogen) atoms. The lowest BCUT2D eigenvalue weighted by atomic mass is 10.1. The number of ether oxygens (including phenoxy) is 1. The van der Waals surface area contributed by atoms with Crippen molar-refractivity contribution in [1.82, 2.24) is 9.80 Å². The molecule has 2 aromatic rings. The predicted molar refractivity (Wildman–Crippen MR) is 101 cm³/mol. The van der Waals surface area contributed by atoms with Crippen molar-refractivity contribution in [1.29, 1.82) is 0 Å². The van der Waals surface area contributed by atoms with Crippen LogP contribution >= 0.6 is 0 Å². The molecule has 3 rings (SSSR count). The number of amides is 1. The monoisotopic (exact) mass is 374 g/mol. The van der Waals surface area contributed by atoms with Gasteiger partial charge in [-0.15, -0.1) is 0 Å². The molecule has 0 spiro atoms. The first-order valence-electron chi connectivity index (χ1n) is 9.18. The van der Waals surface area contributed by atoms with Gasteiger partial charge in [-0.05, 0) is 39.3 Å². The molecule has 7 heteroatoms. The number of rotatable bonds is 3. The fourth-order valence-corrected chi connectivity index (χ4v) is 3.30. The molecule has 1 saturated heterocycles. The van der Waals surface area contributed by atoms with Crippen molar-refractivity contribution in [2.75, 3.05) is 26.2 Å². The maximum absolute atomic E-state index is 12.3. The molecule has 0 unspecified atom stereocenters. The Balaban J connectivity index is 1.75. The van der Waals surface area contributed by atoms with E-state index < -0.39 is 17.6 Å². The number of para-hydroxylation sites is 1. The van der Waals surface area contributed by atoms with E-state index in [4.69, 9.17) is 9.15 Å². The van der Waals surface area contributed by atoms with Crippen LogP contribution in [0.15, 0.2) is 34.7 Å². The number of hydrogen-bond acceptors (Lipinski definition) is 5. The summed E-state index contributed by atoms with van der Waals surface area (Å²) < 4.78 is 11.2. The average Bonchev–Trinajstić information content (AvgIpc) is 2.83. The lowest BCUT2D eigenvalue weighted by Gasteiger charge is -2.27. The Morgan fingerprint density at radius 3 is 2.56 bits per heavy atom. The molecular weight excluding hydrogens is 348 g/mol. The third-order valence-corrected chi connectivity index (χ3v) is 4.50. The Morgan fingerprint density at radius 1 is 1.15 bits per heavy atom. The highest BCUT2D eigenvalue weighted by Crippen LogP contribution is 2.29. The number of carbonyl (C=O) groups excluding carboxylic acids is 1. The quantitative estimate of drug-likeness (QED) is 0.885. The summed E-state index contributed by atoms with van der Waals surface area (Å²) in [5, 5.41) is 10.7. The molecule has 0 bridgehead atoms. The molecule has 1 aliphatic rings. The maximum Gasteiger partial charge on any atom is 0.410 e. The van der Waals surface area contributed by atoms with Crippen LogP contribution in [0.2, 0.25) is 0 Å². The summed E-state index contributed by atoms with van der Waals surface area (Å²) in [5.74, 6) is -0.547. The molecule has 0 radical (unpaired) electrons. The molecule has 1 atom stereocenters. The van der Waals surface area contributed by atoms with Crippen LogP contribution in [-0.2, 0) is 9.53 Å². The summed E-state index contributed by atoms with van der Waals surface area (Å²) in [6.45, 7) is 7.45. The van der Waals surface area contributed by atoms with Crippen LogP contribution in [0.1, 0.15) is 39.0 Å². The van der Waals surface area contributed by atoms with E-state index in [1.165, 1.54) is 0 Å². The van der Waals surface area contributed by atoms with Crippen molar-refractivity contribution in [3.8, 4) is 0 Å². The summed E-state index contributed by atoms with van der Waals surface area (Å²) in [5.41, 5.74) is 0.116. The highest BCUT2D eigenvalue weighted by atomic mass is 16.6. The second-order valence-electron chi connectivity index (χ2n) is 7.78. The second-order valence-corrected chi connectivity index (χ2v) is 7.78. The van der Waals surface area contributed by atoms with Crippen molar-refractivity contribution in [2.24, 2.45) is 0 Å². The van der Waals surface area contributed by atoms with Gasteiger partial charge in [0.15, 0.2) is 6.04 Å². The minimum atomic E-state index is -0.959. The summed E-state index contributed by atoms with van der Waals surface area (Å²) in [7, 11) is 0. The zero-order valence-corrected chi connectivity index (χ0v) is 16.0. The standard InChI is InChI=1S/C20H26N2O5/c1-20(2,3)27-19(25)22-10-6-9-21(11-12-22)17(18(23)24)16-13-14-7-4-5-8-15(14)26-16/h4-5,7-8,13,17H,6,9-12H2,1-3H3,(H,23,24)/t17-/m0/s1. The number of furan rings is 1. The van der Waals surface area contributed by atoms with Gasteiger partial charge in [0.05, 0.1) is 0 Å². The Labute approximate surface area is 158 Å². The van der Waals surface area contributed by atoms with Gasteiger partial charge in [-0.2, -0.15) is 0 Å². The molecule has 1 aromatic heterocycles. The lowest BCUT2D eigenvalue weighted by Crippen LogP contribution is -2.40. The van der Waals surface area contributed by atoms with Gasteiger partial charge < -0.3 is 19.2 Å². The third-order valence-electron chi connectivity index (χ3n) is 4.50. The molecule has 0 aliphatic carbocycles. The van der Waals surface area contributed by atoms with Gasteiger partial charge in [-0.3, -0.25) is 9.69 Å². The zero-order valence-electron chi connectivity index (χ0n) is 16.0. The number of benzene rings is 1. The summed E-state index contributed by atoms with van der Waals surface area (Å²) in [6, 6.07) is 8.37. The molecule has 0 saturated carbocycles. The SMILES string of the molecule is CC(C)(C)OC(=O)N1CCCN([C@H](C(=O)O)c2cc3ccccc3o2)CC1. The first kappa shape index (κ1) is 19.2. The van der Waals surface area contributed by atoms with Crippen molar-refractivity contribution >= 4 is 23.0 Å². The molecule has 1 fully saturated rings. The normalized spacial score (nSPS) is 17.5. The van der Waals surface area contributed by atoms with Gasteiger partial charge in [-0.1, -0.05) is 18.2 Å². The summed E-state index contributed by atoms with van der Waals surface area (Å²) >= 11 is 0.